The van der Waals surface area contributed by atoms with Gasteiger partial charge in [-0.2, -0.15) is 0 Å². The number of anilines is 1. The maximum absolute atomic E-state index is 12.5. The number of nitrogens with one attached hydrogen (secondary N) is 1. The number of rotatable bonds is 10. The van der Waals surface area contributed by atoms with Crippen molar-refractivity contribution in [3.63, 3.8) is 0 Å². The number of amides is 1. The summed E-state index contributed by atoms with van der Waals surface area (Å²) in [4.78, 5) is 12.5. The number of thioether (sulfide) groups is 2. The van der Waals surface area contributed by atoms with Crippen molar-refractivity contribution in [2.24, 2.45) is 0 Å². The number of ether oxygens (including phenoxy) is 2. The molecule has 2 aromatic carbocycles. The average Bonchev–Trinajstić information content (AvgIpc) is 3.18. The molecule has 3 rings (SSSR count). The van der Waals surface area contributed by atoms with Crippen molar-refractivity contribution in [2.45, 2.75) is 22.5 Å². The van der Waals surface area contributed by atoms with Crippen LogP contribution in [0.2, 0.25) is 5.02 Å². The van der Waals surface area contributed by atoms with Gasteiger partial charge in [0.25, 0.3) is 0 Å². The highest BCUT2D eigenvalue weighted by Gasteiger charge is 2.12. The zero-order chi connectivity index (χ0) is 21.3. The van der Waals surface area contributed by atoms with E-state index in [1.807, 2.05) is 31.2 Å². The number of carbonyl (C=O) groups excluding carboxylic acids is 1. The van der Waals surface area contributed by atoms with Crippen molar-refractivity contribution >= 4 is 58.1 Å². The molecular formula is C20H20ClN3O3S3. The molecule has 0 atom stereocenters. The van der Waals surface area contributed by atoms with Crippen LogP contribution in [-0.4, -0.2) is 34.2 Å². The number of benzene rings is 2. The number of hydrogen-bond donors (Lipinski definition) is 1. The second-order valence-electron chi connectivity index (χ2n) is 5.75. The Labute approximate surface area is 192 Å². The average molecular weight is 482 g/mol. The summed E-state index contributed by atoms with van der Waals surface area (Å²) in [7, 11) is 0. The maximum atomic E-state index is 12.5. The number of hydrogen-bond acceptors (Lipinski definition) is 8. The van der Waals surface area contributed by atoms with Crippen LogP contribution in [0.15, 0.2) is 51.1 Å². The molecular weight excluding hydrogens is 462 g/mol. The first-order chi connectivity index (χ1) is 14.6. The first-order valence-corrected chi connectivity index (χ1v) is 12.3. The Morgan fingerprint density at radius 2 is 1.77 bits per heavy atom. The minimum absolute atomic E-state index is 0.182. The van der Waals surface area contributed by atoms with Gasteiger partial charge in [0.15, 0.2) is 14.4 Å². The van der Waals surface area contributed by atoms with Crippen molar-refractivity contribution in [3.8, 4) is 17.2 Å². The van der Waals surface area contributed by atoms with E-state index in [0.717, 1.165) is 20.2 Å². The van der Waals surface area contributed by atoms with Crippen LogP contribution in [0.25, 0.3) is 0 Å². The minimum Gasteiger partial charge on any atom is -0.494 e. The zero-order valence-electron chi connectivity index (χ0n) is 16.4. The van der Waals surface area contributed by atoms with Gasteiger partial charge in [0.05, 0.1) is 18.0 Å². The van der Waals surface area contributed by atoms with Crippen molar-refractivity contribution in [1.29, 1.82) is 0 Å². The smallest absolute Gasteiger partial charge is 0.234 e. The number of carbonyl (C=O) groups is 1. The van der Waals surface area contributed by atoms with Gasteiger partial charge < -0.3 is 14.8 Å². The first kappa shape index (κ1) is 22.7. The van der Waals surface area contributed by atoms with Crippen molar-refractivity contribution in [1.82, 2.24) is 10.2 Å². The van der Waals surface area contributed by atoms with Gasteiger partial charge in [-0.15, -0.1) is 10.2 Å². The Morgan fingerprint density at radius 3 is 2.47 bits per heavy atom. The number of halogens is 1. The standard InChI is InChI=1S/C20H20ClN3O3S3/c1-3-26-14-6-8-15(9-7-14)27-17-10-5-13(21)11-16(17)22-18(25)12-29-20-24-23-19(30-20)28-4-2/h5-11H,3-4,12H2,1-2H3,(H,22,25). The van der Waals surface area contributed by atoms with Crippen LogP contribution >= 0.6 is 46.5 Å². The Bertz CT molecular complexity index is 983. The lowest BCUT2D eigenvalue weighted by Gasteiger charge is -2.13. The van der Waals surface area contributed by atoms with Crippen LogP contribution in [0.4, 0.5) is 5.69 Å². The highest BCUT2D eigenvalue weighted by molar-refractivity contribution is 8.03. The molecule has 0 bridgehead atoms. The van der Waals surface area contributed by atoms with E-state index in [4.69, 9.17) is 21.1 Å². The maximum Gasteiger partial charge on any atom is 0.234 e. The Kier molecular flexibility index (Phi) is 8.68. The van der Waals surface area contributed by atoms with Gasteiger partial charge in [0.1, 0.15) is 11.5 Å². The van der Waals surface area contributed by atoms with Gasteiger partial charge in [-0.3, -0.25) is 4.79 Å². The molecule has 0 aliphatic carbocycles. The number of aromatic nitrogens is 2. The molecule has 1 aromatic heterocycles. The molecule has 0 aliphatic heterocycles. The predicted molar refractivity (Wildman–Crippen MR) is 125 cm³/mol. The van der Waals surface area contributed by atoms with E-state index in [0.29, 0.717) is 28.8 Å². The molecule has 158 valence electrons. The summed E-state index contributed by atoms with van der Waals surface area (Å²) < 4.78 is 13.0. The second-order valence-corrected chi connectivity index (χ2v) is 9.90. The molecule has 1 amide bonds. The fraction of sp³-hybridized carbons (Fsp3) is 0.250. The Hall–Kier alpha value is -1.94. The summed E-state index contributed by atoms with van der Waals surface area (Å²) >= 11 is 10.6. The molecule has 0 saturated heterocycles. The largest absolute Gasteiger partial charge is 0.494 e. The first-order valence-electron chi connectivity index (χ1n) is 9.16. The summed E-state index contributed by atoms with van der Waals surface area (Å²) in [6.45, 7) is 4.59. The van der Waals surface area contributed by atoms with Crippen LogP contribution < -0.4 is 14.8 Å². The molecule has 0 aliphatic rings. The summed E-state index contributed by atoms with van der Waals surface area (Å²) in [6, 6.07) is 12.4. The molecule has 0 spiro atoms. The normalized spacial score (nSPS) is 10.6. The molecule has 1 N–H and O–H groups in total. The van der Waals surface area contributed by atoms with Crippen LogP contribution in [0.1, 0.15) is 13.8 Å². The van der Waals surface area contributed by atoms with Gasteiger partial charge in [-0.1, -0.05) is 53.4 Å². The summed E-state index contributed by atoms with van der Waals surface area (Å²) in [5.74, 6) is 2.86. The Morgan fingerprint density at radius 1 is 1.07 bits per heavy atom. The molecule has 30 heavy (non-hydrogen) atoms. The highest BCUT2D eigenvalue weighted by Crippen LogP contribution is 2.33. The van der Waals surface area contributed by atoms with Crippen LogP contribution in [-0.2, 0) is 4.79 Å². The predicted octanol–water partition coefficient (Wildman–Crippen LogP) is 6.23. The number of nitrogens with zero attached hydrogens (tertiary/aromatic N) is 2. The quantitative estimate of drug-likeness (QED) is 0.344. The lowest BCUT2D eigenvalue weighted by Crippen LogP contribution is -2.14. The highest BCUT2D eigenvalue weighted by atomic mass is 35.5. The molecule has 0 saturated carbocycles. The van der Waals surface area contributed by atoms with Crippen molar-refractivity contribution in [2.75, 3.05) is 23.4 Å². The fourth-order valence-electron chi connectivity index (χ4n) is 2.34. The van der Waals surface area contributed by atoms with Gasteiger partial charge in [0.2, 0.25) is 5.91 Å². The zero-order valence-corrected chi connectivity index (χ0v) is 19.6. The lowest BCUT2D eigenvalue weighted by atomic mass is 10.2. The monoisotopic (exact) mass is 481 g/mol. The van der Waals surface area contributed by atoms with Crippen molar-refractivity contribution < 1.29 is 14.3 Å². The molecule has 10 heteroatoms. The third-order valence-electron chi connectivity index (χ3n) is 3.56. The summed E-state index contributed by atoms with van der Waals surface area (Å²) in [6.07, 6.45) is 0. The van der Waals surface area contributed by atoms with Crippen molar-refractivity contribution in [3.05, 3.63) is 47.5 Å². The van der Waals surface area contributed by atoms with E-state index in [1.165, 1.54) is 23.1 Å². The minimum atomic E-state index is -0.182. The molecule has 1 heterocycles. The summed E-state index contributed by atoms with van der Waals surface area (Å²) in [5, 5.41) is 11.6. The van der Waals surface area contributed by atoms with E-state index < -0.39 is 0 Å². The van der Waals surface area contributed by atoms with Gasteiger partial charge in [-0.05, 0) is 55.1 Å². The molecule has 3 aromatic rings. The second kappa shape index (κ2) is 11.5. The van der Waals surface area contributed by atoms with Gasteiger partial charge in [-0.25, -0.2) is 0 Å². The van der Waals surface area contributed by atoms with Crippen LogP contribution in [0.5, 0.6) is 17.2 Å². The third kappa shape index (κ3) is 6.80. The van der Waals surface area contributed by atoms with E-state index >= 15 is 0 Å². The molecule has 0 radical (unpaired) electrons. The molecule has 0 unspecified atom stereocenters. The van der Waals surface area contributed by atoms with E-state index in [1.54, 1.807) is 30.0 Å². The topological polar surface area (TPSA) is 73.3 Å². The fourth-order valence-corrected chi connectivity index (χ4v) is 5.23. The van der Waals surface area contributed by atoms with E-state index in [9.17, 15) is 4.79 Å². The SMILES string of the molecule is CCOc1ccc(Oc2ccc(Cl)cc2NC(=O)CSc2nnc(SCC)s2)cc1. The molecule has 6 nitrogen and oxygen atoms in total. The third-order valence-corrected chi connectivity index (χ3v) is 6.87. The van der Waals surface area contributed by atoms with Crippen LogP contribution in [0.3, 0.4) is 0 Å². The van der Waals surface area contributed by atoms with E-state index in [-0.39, 0.29) is 11.7 Å². The van der Waals surface area contributed by atoms with Crippen LogP contribution in [0, 0.1) is 0 Å². The van der Waals surface area contributed by atoms with E-state index in [2.05, 4.69) is 22.4 Å². The Balaban J connectivity index is 1.63. The molecule has 0 fully saturated rings. The lowest BCUT2D eigenvalue weighted by molar-refractivity contribution is -0.113. The van der Waals surface area contributed by atoms with Gasteiger partial charge >= 0.3 is 0 Å². The summed E-state index contributed by atoms with van der Waals surface area (Å²) in [5.41, 5.74) is 0.501. The van der Waals surface area contributed by atoms with Gasteiger partial charge in [0, 0.05) is 5.02 Å².